The average molecular weight is 301 g/mol. The zero-order valence-electron chi connectivity index (χ0n) is 12.5. The molecule has 1 fully saturated rings. The van der Waals surface area contributed by atoms with Crippen LogP contribution in [-0.4, -0.2) is 47.7 Å². The number of amides is 1. The number of carbonyl (C=O) groups is 1. The summed E-state index contributed by atoms with van der Waals surface area (Å²) in [5.41, 5.74) is 2.54. The number of hydrogen-bond donors (Lipinski definition) is 2. The fraction of sp³-hybridized carbons (Fsp3) is 0.714. The van der Waals surface area contributed by atoms with Crippen molar-refractivity contribution in [1.82, 2.24) is 20.4 Å². The van der Waals surface area contributed by atoms with E-state index < -0.39 is 0 Å². The van der Waals surface area contributed by atoms with Crippen molar-refractivity contribution in [3.63, 3.8) is 0 Å². The van der Waals surface area contributed by atoms with Crippen LogP contribution < -0.4 is 5.32 Å². The Morgan fingerprint density at radius 2 is 2.05 bits per heavy atom. The number of aromatic nitrogens is 2. The quantitative estimate of drug-likeness (QED) is 0.893. The molecule has 0 bridgehead atoms. The molecule has 0 aliphatic carbocycles. The lowest BCUT2D eigenvalue weighted by Crippen LogP contribution is -2.39. The number of halogens is 1. The molecule has 114 valence electrons. The van der Waals surface area contributed by atoms with Crippen molar-refractivity contribution in [3.05, 3.63) is 17.0 Å². The molecule has 20 heavy (non-hydrogen) atoms. The first-order valence-corrected chi connectivity index (χ1v) is 7.09. The molecule has 1 saturated heterocycles. The Morgan fingerprint density at radius 1 is 1.40 bits per heavy atom. The van der Waals surface area contributed by atoms with E-state index in [1.807, 2.05) is 25.8 Å². The third-order valence-electron chi connectivity index (χ3n) is 4.16. The van der Waals surface area contributed by atoms with Crippen LogP contribution in [0, 0.1) is 19.8 Å². The number of nitrogens with one attached hydrogen (secondary N) is 2. The maximum Gasteiger partial charge on any atom is 0.274 e. The van der Waals surface area contributed by atoms with Gasteiger partial charge in [-0.25, -0.2) is 0 Å². The maximum atomic E-state index is 12.4. The summed E-state index contributed by atoms with van der Waals surface area (Å²) in [4.78, 5) is 14.3. The molecule has 2 N–H and O–H groups in total. The van der Waals surface area contributed by atoms with Gasteiger partial charge in [-0.15, -0.1) is 12.4 Å². The molecule has 1 aromatic heterocycles. The van der Waals surface area contributed by atoms with Crippen molar-refractivity contribution >= 4 is 18.3 Å². The van der Waals surface area contributed by atoms with Crippen LogP contribution in [0.3, 0.4) is 0 Å². The van der Waals surface area contributed by atoms with Crippen molar-refractivity contribution in [1.29, 1.82) is 0 Å². The van der Waals surface area contributed by atoms with Gasteiger partial charge in [-0.1, -0.05) is 0 Å². The molecule has 2 rings (SSSR count). The highest BCUT2D eigenvalue weighted by atomic mass is 35.5. The molecule has 1 aliphatic heterocycles. The van der Waals surface area contributed by atoms with Gasteiger partial charge in [0.15, 0.2) is 5.69 Å². The first kappa shape index (κ1) is 17.0. The summed E-state index contributed by atoms with van der Waals surface area (Å²) >= 11 is 0. The topological polar surface area (TPSA) is 61.0 Å². The van der Waals surface area contributed by atoms with E-state index in [4.69, 9.17) is 0 Å². The van der Waals surface area contributed by atoms with Gasteiger partial charge in [-0.05, 0) is 52.6 Å². The van der Waals surface area contributed by atoms with Crippen molar-refractivity contribution < 1.29 is 4.79 Å². The third kappa shape index (κ3) is 3.73. The Hall–Kier alpha value is -1.07. The molecule has 2 heterocycles. The second-order valence-corrected chi connectivity index (χ2v) is 5.45. The van der Waals surface area contributed by atoms with Crippen molar-refractivity contribution in [2.45, 2.75) is 33.1 Å². The molecule has 0 aromatic carbocycles. The lowest BCUT2D eigenvalue weighted by atomic mass is 9.93. The lowest BCUT2D eigenvalue weighted by Gasteiger charge is -2.31. The van der Waals surface area contributed by atoms with E-state index in [2.05, 4.69) is 15.5 Å². The maximum absolute atomic E-state index is 12.4. The summed E-state index contributed by atoms with van der Waals surface area (Å²) in [5, 5.41) is 10.2. The second-order valence-electron chi connectivity index (χ2n) is 5.45. The number of rotatable bonds is 4. The number of aromatic amines is 1. The molecule has 1 aromatic rings. The molecular formula is C14H25ClN4O. The smallest absolute Gasteiger partial charge is 0.274 e. The number of nitrogens with zero attached hydrogens (tertiary/aromatic N) is 2. The van der Waals surface area contributed by atoms with Gasteiger partial charge in [0.05, 0.1) is 0 Å². The molecule has 5 nitrogen and oxygen atoms in total. The highest BCUT2D eigenvalue weighted by molar-refractivity contribution is 5.93. The average Bonchev–Trinajstić information content (AvgIpc) is 2.76. The van der Waals surface area contributed by atoms with E-state index in [1.54, 1.807) is 0 Å². The van der Waals surface area contributed by atoms with Gasteiger partial charge in [0.2, 0.25) is 0 Å². The normalized spacial score (nSPS) is 16.1. The lowest BCUT2D eigenvalue weighted by molar-refractivity contribution is 0.0680. The fourth-order valence-electron chi connectivity index (χ4n) is 2.62. The van der Waals surface area contributed by atoms with Gasteiger partial charge in [0.1, 0.15) is 0 Å². The molecule has 6 heteroatoms. The molecule has 0 saturated carbocycles. The molecule has 1 amide bonds. The highest BCUT2D eigenvalue weighted by Gasteiger charge is 2.25. The third-order valence-corrected chi connectivity index (χ3v) is 4.16. The Bertz CT molecular complexity index is 438. The predicted molar refractivity (Wildman–Crippen MR) is 82.5 cm³/mol. The monoisotopic (exact) mass is 300 g/mol. The van der Waals surface area contributed by atoms with Crippen LogP contribution in [0.15, 0.2) is 0 Å². The molecule has 0 atom stereocenters. The summed E-state index contributed by atoms with van der Waals surface area (Å²) in [7, 11) is 1.99. The number of likely N-dealkylation sites (tertiary alicyclic amines) is 1. The second kappa shape index (κ2) is 7.64. The first-order valence-electron chi connectivity index (χ1n) is 7.09. The number of carbonyl (C=O) groups excluding carboxylic acids is 1. The predicted octanol–water partition coefficient (Wildman–Crippen LogP) is 1.91. The molecule has 0 unspecified atom stereocenters. The van der Waals surface area contributed by atoms with Gasteiger partial charge < -0.3 is 10.2 Å². The molecule has 1 aliphatic rings. The zero-order valence-corrected chi connectivity index (χ0v) is 13.3. The standard InChI is InChI=1S/C14H24N4O.ClH/c1-10-11(2)16-17-13(10)14(19)18-8-5-12(6-9-18)4-7-15-3;/h12,15H,4-9H2,1-3H3,(H,16,17);1H. The van der Waals surface area contributed by atoms with Gasteiger partial charge in [0.25, 0.3) is 5.91 Å². The van der Waals surface area contributed by atoms with Gasteiger partial charge >= 0.3 is 0 Å². The summed E-state index contributed by atoms with van der Waals surface area (Å²) in [6.07, 6.45) is 3.42. The minimum Gasteiger partial charge on any atom is -0.337 e. The summed E-state index contributed by atoms with van der Waals surface area (Å²) in [6, 6.07) is 0. The van der Waals surface area contributed by atoms with Crippen molar-refractivity contribution in [3.8, 4) is 0 Å². The van der Waals surface area contributed by atoms with E-state index in [1.165, 1.54) is 6.42 Å². The minimum absolute atomic E-state index is 0. The van der Waals surface area contributed by atoms with Crippen LogP contribution in [0.2, 0.25) is 0 Å². The molecule has 0 spiro atoms. The number of piperidine rings is 1. The Morgan fingerprint density at radius 3 is 2.55 bits per heavy atom. The van der Waals surface area contributed by atoms with Crippen molar-refractivity contribution in [2.24, 2.45) is 5.92 Å². The van der Waals surface area contributed by atoms with E-state index in [0.29, 0.717) is 5.69 Å². The Kier molecular flexibility index (Phi) is 6.49. The summed E-state index contributed by atoms with van der Waals surface area (Å²) in [5.74, 6) is 0.826. The van der Waals surface area contributed by atoms with Gasteiger partial charge in [-0.2, -0.15) is 5.10 Å². The number of aryl methyl sites for hydroxylation is 1. The number of H-pyrrole nitrogens is 1. The van der Waals surface area contributed by atoms with E-state index >= 15 is 0 Å². The van der Waals surface area contributed by atoms with E-state index in [9.17, 15) is 4.79 Å². The van der Waals surface area contributed by atoms with Crippen LogP contribution in [0.5, 0.6) is 0 Å². The molecular weight excluding hydrogens is 276 g/mol. The SMILES string of the molecule is CNCCC1CCN(C(=O)c2n[nH]c(C)c2C)CC1.Cl. The highest BCUT2D eigenvalue weighted by Crippen LogP contribution is 2.22. The minimum atomic E-state index is 0. The Balaban J connectivity index is 0.00000200. The van der Waals surface area contributed by atoms with Crippen LogP contribution in [0.1, 0.15) is 41.0 Å². The fourth-order valence-corrected chi connectivity index (χ4v) is 2.62. The van der Waals surface area contributed by atoms with Crippen molar-refractivity contribution in [2.75, 3.05) is 26.7 Å². The van der Waals surface area contributed by atoms with Crippen LogP contribution in [-0.2, 0) is 0 Å². The van der Waals surface area contributed by atoms with E-state index in [0.717, 1.165) is 49.7 Å². The van der Waals surface area contributed by atoms with Gasteiger partial charge in [-0.3, -0.25) is 9.89 Å². The molecule has 0 radical (unpaired) electrons. The van der Waals surface area contributed by atoms with Crippen LogP contribution in [0.25, 0.3) is 0 Å². The summed E-state index contributed by atoms with van der Waals surface area (Å²) < 4.78 is 0. The van der Waals surface area contributed by atoms with Crippen LogP contribution in [0.4, 0.5) is 0 Å². The van der Waals surface area contributed by atoms with Crippen LogP contribution >= 0.6 is 12.4 Å². The zero-order chi connectivity index (χ0) is 13.8. The largest absolute Gasteiger partial charge is 0.337 e. The Labute approximate surface area is 126 Å². The summed E-state index contributed by atoms with van der Waals surface area (Å²) in [6.45, 7) is 6.68. The van der Waals surface area contributed by atoms with Gasteiger partial charge in [0, 0.05) is 24.3 Å². The number of hydrogen-bond acceptors (Lipinski definition) is 3. The first-order chi connectivity index (χ1) is 9.13. The van der Waals surface area contributed by atoms with E-state index in [-0.39, 0.29) is 18.3 Å².